The quantitative estimate of drug-likeness (QED) is 0.875. The van der Waals surface area contributed by atoms with Crippen molar-refractivity contribution in [2.75, 3.05) is 16.6 Å². The Bertz CT molecular complexity index is 879. The van der Waals surface area contributed by atoms with Crippen molar-refractivity contribution in [3.05, 3.63) is 65.7 Å². The van der Waals surface area contributed by atoms with Gasteiger partial charge in [-0.1, -0.05) is 50.2 Å². The molecular weight excluding hydrogens is 348 g/mol. The van der Waals surface area contributed by atoms with Gasteiger partial charge in [-0.2, -0.15) is 0 Å². The molecule has 0 bridgehead atoms. The molecule has 5 nitrogen and oxygen atoms in total. The Hall–Kier alpha value is -2.34. The van der Waals surface area contributed by atoms with Gasteiger partial charge < -0.3 is 5.32 Å². The van der Waals surface area contributed by atoms with E-state index < -0.39 is 10.0 Å². The molecular formula is C20H24N2O3S. The van der Waals surface area contributed by atoms with Crippen molar-refractivity contribution in [3.63, 3.8) is 0 Å². The van der Waals surface area contributed by atoms with Crippen molar-refractivity contribution in [1.82, 2.24) is 5.32 Å². The number of carbonyl (C=O) groups excluding carboxylic acids is 1. The summed E-state index contributed by atoms with van der Waals surface area (Å²) in [7, 11) is -3.26. The molecule has 138 valence electrons. The standard InChI is InChI=1S/C20H24N2O3S/c1-15(2)19(16-8-4-3-5-9-16)21-20(23)17-10-6-11-18(14-17)22-12-7-13-26(22,24)25/h3-6,8-11,14-15,19H,7,12-13H2,1-2H3,(H,21,23). The van der Waals surface area contributed by atoms with Gasteiger partial charge in [0.15, 0.2) is 0 Å². The van der Waals surface area contributed by atoms with Gasteiger partial charge in [0, 0.05) is 12.1 Å². The Labute approximate surface area is 155 Å². The van der Waals surface area contributed by atoms with Crippen LogP contribution in [0.3, 0.4) is 0 Å². The zero-order valence-corrected chi connectivity index (χ0v) is 15.9. The third kappa shape index (κ3) is 3.90. The summed E-state index contributed by atoms with van der Waals surface area (Å²) in [6.07, 6.45) is 0.613. The fraction of sp³-hybridized carbons (Fsp3) is 0.350. The fourth-order valence-corrected chi connectivity index (χ4v) is 4.81. The summed E-state index contributed by atoms with van der Waals surface area (Å²) >= 11 is 0. The van der Waals surface area contributed by atoms with E-state index in [9.17, 15) is 13.2 Å². The SMILES string of the molecule is CC(C)C(NC(=O)c1cccc(N2CCCS2(=O)=O)c1)c1ccccc1. The van der Waals surface area contributed by atoms with Crippen molar-refractivity contribution >= 4 is 21.6 Å². The van der Waals surface area contributed by atoms with E-state index in [0.717, 1.165) is 5.56 Å². The summed E-state index contributed by atoms with van der Waals surface area (Å²) in [5.74, 6) is 0.182. The highest BCUT2D eigenvalue weighted by Gasteiger charge is 2.29. The second-order valence-electron chi connectivity index (χ2n) is 6.90. The van der Waals surface area contributed by atoms with Crippen LogP contribution in [0, 0.1) is 5.92 Å². The molecule has 0 aliphatic carbocycles. The average molecular weight is 372 g/mol. The molecule has 1 amide bonds. The summed E-state index contributed by atoms with van der Waals surface area (Å²) in [6.45, 7) is 4.59. The Kier molecular flexibility index (Phi) is 5.32. The largest absolute Gasteiger partial charge is 0.345 e. The van der Waals surface area contributed by atoms with Crippen molar-refractivity contribution in [3.8, 4) is 0 Å². The van der Waals surface area contributed by atoms with Crippen LogP contribution < -0.4 is 9.62 Å². The van der Waals surface area contributed by atoms with E-state index in [1.807, 2.05) is 30.3 Å². The molecule has 0 aromatic heterocycles. The molecule has 1 atom stereocenters. The van der Waals surface area contributed by atoms with Crippen LogP contribution in [-0.4, -0.2) is 26.6 Å². The average Bonchev–Trinajstić information content (AvgIpc) is 2.99. The Morgan fingerprint density at radius 2 is 1.81 bits per heavy atom. The van der Waals surface area contributed by atoms with Crippen LogP contribution in [0.15, 0.2) is 54.6 Å². The van der Waals surface area contributed by atoms with Gasteiger partial charge in [-0.05, 0) is 36.1 Å². The van der Waals surface area contributed by atoms with Gasteiger partial charge in [-0.15, -0.1) is 0 Å². The van der Waals surface area contributed by atoms with E-state index in [1.165, 1.54) is 4.31 Å². The van der Waals surface area contributed by atoms with Gasteiger partial charge in [0.2, 0.25) is 10.0 Å². The van der Waals surface area contributed by atoms with Crippen LogP contribution >= 0.6 is 0 Å². The molecule has 1 aliphatic rings. The van der Waals surface area contributed by atoms with Gasteiger partial charge in [0.25, 0.3) is 5.91 Å². The molecule has 1 heterocycles. The van der Waals surface area contributed by atoms with Gasteiger partial charge >= 0.3 is 0 Å². The first kappa shape index (κ1) is 18.5. The number of rotatable bonds is 5. The van der Waals surface area contributed by atoms with E-state index in [4.69, 9.17) is 0 Å². The van der Waals surface area contributed by atoms with Crippen LogP contribution in [0.5, 0.6) is 0 Å². The maximum Gasteiger partial charge on any atom is 0.251 e. The number of amides is 1. The first-order valence-corrected chi connectivity index (χ1v) is 10.5. The Balaban J connectivity index is 1.83. The maximum absolute atomic E-state index is 12.8. The van der Waals surface area contributed by atoms with Crippen LogP contribution in [0.25, 0.3) is 0 Å². The number of sulfonamides is 1. The highest BCUT2D eigenvalue weighted by Crippen LogP contribution is 2.26. The van der Waals surface area contributed by atoms with E-state index >= 15 is 0 Å². The monoisotopic (exact) mass is 372 g/mol. The minimum atomic E-state index is -3.26. The summed E-state index contributed by atoms with van der Waals surface area (Å²) < 4.78 is 25.6. The molecule has 1 aliphatic heterocycles. The number of nitrogens with zero attached hydrogens (tertiary/aromatic N) is 1. The van der Waals surface area contributed by atoms with Gasteiger partial charge in [0.1, 0.15) is 0 Å². The number of benzene rings is 2. The second kappa shape index (κ2) is 7.50. The van der Waals surface area contributed by atoms with E-state index in [-0.39, 0.29) is 23.6 Å². The van der Waals surface area contributed by atoms with E-state index in [0.29, 0.717) is 24.2 Å². The van der Waals surface area contributed by atoms with Crippen molar-refractivity contribution < 1.29 is 13.2 Å². The minimum absolute atomic E-state index is 0.108. The second-order valence-corrected chi connectivity index (χ2v) is 8.91. The molecule has 0 spiro atoms. The summed E-state index contributed by atoms with van der Waals surface area (Å²) in [6, 6.07) is 16.6. The van der Waals surface area contributed by atoms with Crippen LogP contribution in [0.1, 0.15) is 42.2 Å². The maximum atomic E-state index is 12.8. The van der Waals surface area contributed by atoms with Crippen LogP contribution in [-0.2, 0) is 10.0 Å². The summed E-state index contributed by atoms with van der Waals surface area (Å²) in [4.78, 5) is 12.8. The van der Waals surface area contributed by atoms with E-state index in [2.05, 4.69) is 19.2 Å². The molecule has 1 saturated heterocycles. The fourth-order valence-electron chi connectivity index (χ4n) is 3.25. The molecule has 1 fully saturated rings. The van der Waals surface area contributed by atoms with Gasteiger partial charge in [-0.25, -0.2) is 8.42 Å². The molecule has 0 saturated carbocycles. The van der Waals surface area contributed by atoms with E-state index in [1.54, 1.807) is 24.3 Å². The Morgan fingerprint density at radius 1 is 1.08 bits per heavy atom. The summed E-state index contributed by atoms with van der Waals surface area (Å²) in [5, 5.41) is 3.08. The number of nitrogens with one attached hydrogen (secondary N) is 1. The number of hydrogen-bond donors (Lipinski definition) is 1. The zero-order valence-electron chi connectivity index (χ0n) is 15.1. The molecule has 1 unspecified atom stereocenters. The first-order chi connectivity index (χ1) is 12.4. The first-order valence-electron chi connectivity index (χ1n) is 8.85. The number of hydrogen-bond acceptors (Lipinski definition) is 3. The number of anilines is 1. The molecule has 3 rings (SSSR count). The molecule has 2 aromatic rings. The Morgan fingerprint density at radius 3 is 2.42 bits per heavy atom. The number of carbonyl (C=O) groups is 1. The third-order valence-corrected chi connectivity index (χ3v) is 6.48. The van der Waals surface area contributed by atoms with Gasteiger partial charge in [0.05, 0.1) is 17.5 Å². The highest BCUT2D eigenvalue weighted by molar-refractivity contribution is 7.93. The van der Waals surface area contributed by atoms with Crippen LogP contribution in [0.4, 0.5) is 5.69 Å². The molecule has 1 N–H and O–H groups in total. The lowest BCUT2D eigenvalue weighted by Gasteiger charge is -2.23. The normalized spacial score (nSPS) is 17.3. The van der Waals surface area contributed by atoms with Crippen molar-refractivity contribution in [2.24, 2.45) is 5.92 Å². The topological polar surface area (TPSA) is 66.5 Å². The molecule has 26 heavy (non-hydrogen) atoms. The highest BCUT2D eigenvalue weighted by atomic mass is 32.2. The lowest BCUT2D eigenvalue weighted by atomic mass is 9.95. The molecule has 2 aromatic carbocycles. The molecule has 0 radical (unpaired) electrons. The van der Waals surface area contributed by atoms with Crippen LogP contribution in [0.2, 0.25) is 0 Å². The lowest BCUT2D eigenvalue weighted by Crippen LogP contribution is -2.32. The predicted octanol–water partition coefficient (Wildman–Crippen LogP) is 3.35. The minimum Gasteiger partial charge on any atom is -0.345 e. The van der Waals surface area contributed by atoms with Crippen molar-refractivity contribution in [2.45, 2.75) is 26.3 Å². The third-order valence-electron chi connectivity index (χ3n) is 4.61. The summed E-state index contributed by atoms with van der Waals surface area (Å²) in [5.41, 5.74) is 2.07. The lowest BCUT2D eigenvalue weighted by molar-refractivity contribution is 0.0925. The predicted molar refractivity (Wildman–Crippen MR) is 104 cm³/mol. The zero-order chi connectivity index (χ0) is 18.7. The smallest absolute Gasteiger partial charge is 0.251 e. The van der Waals surface area contributed by atoms with Crippen molar-refractivity contribution in [1.29, 1.82) is 0 Å². The molecule has 6 heteroatoms. The van der Waals surface area contributed by atoms with Gasteiger partial charge in [-0.3, -0.25) is 9.10 Å².